The fraction of sp³-hybridized carbons (Fsp3) is 0.667. The maximum Gasteiger partial charge on any atom is 0.126 e. The number of benzene rings is 1. The summed E-state index contributed by atoms with van der Waals surface area (Å²) < 4.78 is 13.9. The molecule has 2 nitrogen and oxygen atoms in total. The maximum absolute atomic E-state index is 13.9. The minimum Gasteiger partial charge on any atom is -0.389 e. The molecule has 0 amide bonds. The van der Waals surface area contributed by atoms with Gasteiger partial charge in [-0.2, -0.15) is 0 Å². The molecule has 1 aromatic carbocycles. The van der Waals surface area contributed by atoms with Crippen LogP contribution in [0.3, 0.4) is 0 Å². The third-order valence-corrected chi connectivity index (χ3v) is 5.00. The second-order valence-corrected chi connectivity index (χ2v) is 6.30. The molecule has 1 saturated carbocycles. The molecule has 0 aliphatic heterocycles. The van der Waals surface area contributed by atoms with E-state index in [4.69, 9.17) is 0 Å². The second-order valence-electron chi connectivity index (χ2n) is 6.30. The third-order valence-electron chi connectivity index (χ3n) is 5.00. The first kappa shape index (κ1) is 19.4. The van der Waals surface area contributed by atoms with Crippen LogP contribution < -0.4 is 0 Å². The van der Waals surface area contributed by atoms with Crippen molar-refractivity contribution in [1.82, 2.24) is 4.90 Å². The van der Waals surface area contributed by atoms with Gasteiger partial charge >= 0.3 is 0 Å². The van der Waals surface area contributed by atoms with E-state index in [0.29, 0.717) is 12.0 Å². The number of halogens is 2. The Hall–Kier alpha value is -0.640. The van der Waals surface area contributed by atoms with Crippen LogP contribution in [0.4, 0.5) is 4.39 Å². The Balaban J connectivity index is 0.00000242. The van der Waals surface area contributed by atoms with Crippen molar-refractivity contribution in [2.75, 3.05) is 19.6 Å². The summed E-state index contributed by atoms with van der Waals surface area (Å²) in [7, 11) is 0. The van der Waals surface area contributed by atoms with E-state index >= 15 is 0 Å². The van der Waals surface area contributed by atoms with E-state index in [9.17, 15) is 9.50 Å². The first-order chi connectivity index (χ1) is 10.1. The molecule has 4 heteroatoms. The van der Waals surface area contributed by atoms with Crippen molar-refractivity contribution in [2.24, 2.45) is 5.92 Å². The van der Waals surface area contributed by atoms with Gasteiger partial charge in [-0.05, 0) is 37.6 Å². The second kappa shape index (κ2) is 8.85. The first-order valence-corrected chi connectivity index (χ1v) is 8.27. The Kier molecular flexibility index (Phi) is 7.81. The van der Waals surface area contributed by atoms with E-state index in [1.807, 2.05) is 6.07 Å². The molecule has 0 unspecified atom stereocenters. The van der Waals surface area contributed by atoms with Crippen LogP contribution in [0.15, 0.2) is 24.3 Å². The fourth-order valence-corrected chi connectivity index (χ4v) is 3.55. The molecule has 2 atom stereocenters. The highest BCUT2D eigenvalue weighted by Crippen LogP contribution is 2.37. The molecule has 1 aromatic rings. The van der Waals surface area contributed by atoms with Gasteiger partial charge in [-0.25, -0.2) is 4.39 Å². The van der Waals surface area contributed by atoms with Gasteiger partial charge in [0.05, 0.1) is 5.60 Å². The van der Waals surface area contributed by atoms with Crippen LogP contribution in [-0.2, 0) is 6.42 Å². The van der Waals surface area contributed by atoms with E-state index in [0.717, 1.165) is 38.9 Å². The molecular weight excluding hydrogens is 301 g/mol. The van der Waals surface area contributed by atoms with Gasteiger partial charge in [0, 0.05) is 18.9 Å². The Bertz CT molecular complexity index is 452. The van der Waals surface area contributed by atoms with Crippen molar-refractivity contribution in [2.45, 2.75) is 51.6 Å². The zero-order valence-corrected chi connectivity index (χ0v) is 14.5. The molecule has 0 aromatic heterocycles. The van der Waals surface area contributed by atoms with Crippen molar-refractivity contribution in [3.8, 4) is 0 Å². The van der Waals surface area contributed by atoms with E-state index in [1.165, 1.54) is 12.5 Å². The van der Waals surface area contributed by atoms with Gasteiger partial charge in [0.15, 0.2) is 0 Å². The topological polar surface area (TPSA) is 23.5 Å². The van der Waals surface area contributed by atoms with Gasteiger partial charge in [-0.3, -0.25) is 0 Å². The Labute approximate surface area is 140 Å². The normalized spacial score (nSPS) is 25.0. The molecule has 1 aliphatic carbocycles. The van der Waals surface area contributed by atoms with Crippen molar-refractivity contribution >= 4 is 12.4 Å². The number of hydrogen-bond donors (Lipinski definition) is 1. The third kappa shape index (κ3) is 4.68. The zero-order valence-electron chi connectivity index (χ0n) is 13.7. The van der Waals surface area contributed by atoms with Gasteiger partial charge in [-0.1, -0.05) is 44.9 Å². The van der Waals surface area contributed by atoms with Crippen molar-refractivity contribution in [3.05, 3.63) is 35.6 Å². The van der Waals surface area contributed by atoms with Gasteiger partial charge in [0.25, 0.3) is 0 Å². The van der Waals surface area contributed by atoms with Crippen molar-refractivity contribution in [3.63, 3.8) is 0 Å². The number of aliphatic hydroxyl groups is 1. The van der Waals surface area contributed by atoms with Gasteiger partial charge in [0.2, 0.25) is 0 Å². The smallest absolute Gasteiger partial charge is 0.126 e. The lowest BCUT2D eigenvalue weighted by atomic mass is 9.72. The summed E-state index contributed by atoms with van der Waals surface area (Å²) in [6, 6.07) is 6.85. The number of hydrogen-bond acceptors (Lipinski definition) is 2. The average molecular weight is 330 g/mol. The van der Waals surface area contributed by atoms with Crippen LogP contribution in [0.2, 0.25) is 0 Å². The SMILES string of the molecule is CCN(CC)C[C@@H]1CCCC[C@]1(O)Cc1ccccc1F.Cl. The predicted octanol–water partition coefficient (Wildman–Crippen LogP) is 4.05. The number of rotatable bonds is 6. The van der Waals surface area contributed by atoms with Crippen molar-refractivity contribution in [1.29, 1.82) is 0 Å². The maximum atomic E-state index is 13.9. The summed E-state index contributed by atoms with van der Waals surface area (Å²) >= 11 is 0. The predicted molar refractivity (Wildman–Crippen MR) is 92.0 cm³/mol. The standard InChI is InChI=1S/C18H28FNO.ClH/c1-3-20(4-2)14-16-10-7-8-12-18(16,21)13-15-9-5-6-11-17(15)19;/h5-6,9,11,16,21H,3-4,7-8,10,12-14H2,1-2H3;1H/t16-,18-;/m0./s1. The molecule has 0 spiro atoms. The summed E-state index contributed by atoms with van der Waals surface area (Å²) in [4.78, 5) is 2.36. The lowest BCUT2D eigenvalue weighted by molar-refractivity contribution is -0.0588. The molecule has 1 N–H and O–H groups in total. The van der Waals surface area contributed by atoms with Crippen LogP contribution in [0.1, 0.15) is 45.1 Å². The molecule has 1 aliphatic rings. The van der Waals surface area contributed by atoms with Gasteiger partial charge in [0.1, 0.15) is 5.82 Å². The van der Waals surface area contributed by atoms with Crippen LogP contribution >= 0.6 is 12.4 Å². The van der Waals surface area contributed by atoms with Gasteiger partial charge in [-0.15, -0.1) is 12.4 Å². The summed E-state index contributed by atoms with van der Waals surface area (Å²) in [5.74, 6) is 0.0452. The quantitative estimate of drug-likeness (QED) is 0.851. The lowest BCUT2D eigenvalue weighted by Gasteiger charge is -2.42. The van der Waals surface area contributed by atoms with E-state index in [1.54, 1.807) is 12.1 Å². The zero-order chi connectivity index (χ0) is 15.3. The van der Waals surface area contributed by atoms with E-state index in [2.05, 4.69) is 18.7 Å². The number of nitrogens with zero attached hydrogens (tertiary/aromatic N) is 1. The summed E-state index contributed by atoms with van der Waals surface area (Å²) in [6.45, 7) is 7.23. The van der Waals surface area contributed by atoms with E-state index in [-0.39, 0.29) is 24.1 Å². The minimum atomic E-state index is -0.761. The Morgan fingerprint density at radius 1 is 1.23 bits per heavy atom. The molecule has 126 valence electrons. The van der Waals surface area contributed by atoms with Gasteiger partial charge < -0.3 is 10.0 Å². The van der Waals surface area contributed by atoms with Crippen LogP contribution in [0.5, 0.6) is 0 Å². The van der Waals surface area contributed by atoms with Crippen LogP contribution in [0.25, 0.3) is 0 Å². The largest absolute Gasteiger partial charge is 0.389 e. The fourth-order valence-electron chi connectivity index (χ4n) is 3.55. The van der Waals surface area contributed by atoms with Crippen LogP contribution in [0, 0.1) is 11.7 Å². The molecule has 0 heterocycles. The first-order valence-electron chi connectivity index (χ1n) is 8.27. The lowest BCUT2D eigenvalue weighted by Crippen LogP contribution is -2.48. The highest BCUT2D eigenvalue weighted by atomic mass is 35.5. The Morgan fingerprint density at radius 2 is 1.91 bits per heavy atom. The molecule has 1 fully saturated rings. The summed E-state index contributed by atoms with van der Waals surface area (Å²) in [5, 5.41) is 11.2. The highest BCUT2D eigenvalue weighted by molar-refractivity contribution is 5.85. The summed E-state index contributed by atoms with van der Waals surface area (Å²) in [5.41, 5.74) is -0.116. The Morgan fingerprint density at radius 3 is 2.55 bits per heavy atom. The summed E-state index contributed by atoms with van der Waals surface area (Å²) in [6.07, 6.45) is 4.48. The molecular formula is C18H29ClFNO. The van der Waals surface area contributed by atoms with E-state index < -0.39 is 5.60 Å². The monoisotopic (exact) mass is 329 g/mol. The molecule has 0 radical (unpaired) electrons. The average Bonchev–Trinajstić information content (AvgIpc) is 2.49. The molecule has 2 rings (SSSR count). The molecule has 0 bridgehead atoms. The van der Waals surface area contributed by atoms with Crippen molar-refractivity contribution < 1.29 is 9.50 Å². The highest BCUT2D eigenvalue weighted by Gasteiger charge is 2.39. The molecule has 22 heavy (non-hydrogen) atoms. The molecule has 0 saturated heterocycles. The van der Waals surface area contributed by atoms with Crippen LogP contribution in [-0.4, -0.2) is 35.2 Å². The minimum absolute atomic E-state index is 0.